The number of nitrogens with zero attached hydrogens (tertiary/aromatic N) is 1. The molecule has 1 aliphatic heterocycles. The molecule has 1 fully saturated rings. The minimum absolute atomic E-state index is 0.0344. The summed E-state index contributed by atoms with van der Waals surface area (Å²) in [6, 6.07) is 8.39. The van der Waals surface area contributed by atoms with Crippen molar-refractivity contribution < 1.29 is 4.79 Å². The maximum absolute atomic E-state index is 12.3. The van der Waals surface area contributed by atoms with Gasteiger partial charge in [-0.3, -0.25) is 10.1 Å². The Morgan fingerprint density at radius 1 is 1.19 bits per heavy atom. The van der Waals surface area contributed by atoms with E-state index in [0.717, 1.165) is 18.9 Å². The number of unbranched alkanes of at least 4 members (excludes halogenated alkanes) is 1. The van der Waals surface area contributed by atoms with E-state index in [2.05, 4.69) is 50.4 Å². The van der Waals surface area contributed by atoms with Gasteiger partial charge in [0.05, 0.1) is 6.04 Å². The second-order valence-corrected chi connectivity index (χ2v) is 6.62. The Labute approximate surface area is 128 Å². The third-order valence-electron chi connectivity index (χ3n) is 4.20. The first-order valence-electron chi connectivity index (χ1n) is 8.12. The number of hydrogen-bond acceptors (Lipinski definition) is 2. The Bertz CT molecular complexity index is 467. The molecule has 1 saturated heterocycles. The highest BCUT2D eigenvalue weighted by molar-refractivity contribution is 5.84. The van der Waals surface area contributed by atoms with Crippen LogP contribution < -0.4 is 5.32 Å². The predicted octanol–water partition coefficient (Wildman–Crippen LogP) is 3.64. The van der Waals surface area contributed by atoms with E-state index >= 15 is 0 Å². The Kier molecular flexibility index (Phi) is 5.40. The summed E-state index contributed by atoms with van der Waals surface area (Å²) in [6.07, 6.45) is 3.55. The van der Waals surface area contributed by atoms with Crippen molar-refractivity contribution in [1.82, 2.24) is 10.2 Å². The molecule has 0 spiro atoms. The van der Waals surface area contributed by atoms with E-state index in [9.17, 15) is 4.79 Å². The number of hydrogen-bond donors (Lipinski definition) is 1. The summed E-state index contributed by atoms with van der Waals surface area (Å²) in [5, 5.41) is 3.42. The van der Waals surface area contributed by atoms with Crippen molar-refractivity contribution in [2.75, 3.05) is 6.54 Å². The van der Waals surface area contributed by atoms with Crippen LogP contribution in [0.25, 0.3) is 0 Å². The van der Waals surface area contributed by atoms with E-state index in [1.54, 1.807) is 0 Å². The van der Waals surface area contributed by atoms with Gasteiger partial charge < -0.3 is 4.90 Å². The van der Waals surface area contributed by atoms with Crippen LogP contribution in [0.3, 0.4) is 0 Å². The molecule has 1 aliphatic rings. The fourth-order valence-electron chi connectivity index (χ4n) is 2.87. The largest absolute Gasteiger partial charge is 0.322 e. The zero-order valence-electron chi connectivity index (χ0n) is 13.7. The van der Waals surface area contributed by atoms with Crippen LogP contribution in [0, 0.1) is 12.8 Å². The van der Waals surface area contributed by atoms with Crippen molar-refractivity contribution in [1.29, 1.82) is 0 Å². The Hall–Kier alpha value is -1.35. The van der Waals surface area contributed by atoms with Gasteiger partial charge in [0.2, 0.25) is 5.91 Å². The van der Waals surface area contributed by atoms with E-state index < -0.39 is 0 Å². The zero-order chi connectivity index (χ0) is 15.4. The van der Waals surface area contributed by atoms with Crippen molar-refractivity contribution >= 4 is 5.91 Å². The number of amides is 1. The van der Waals surface area contributed by atoms with Crippen molar-refractivity contribution in [3.05, 3.63) is 35.4 Å². The summed E-state index contributed by atoms with van der Waals surface area (Å²) < 4.78 is 0. The molecule has 1 N–H and O–H groups in total. The lowest BCUT2D eigenvalue weighted by atomic mass is 10.1. The van der Waals surface area contributed by atoms with E-state index in [1.807, 2.05) is 11.8 Å². The summed E-state index contributed by atoms with van der Waals surface area (Å²) in [5.74, 6) is 0.967. The van der Waals surface area contributed by atoms with Crippen LogP contribution in [0.1, 0.15) is 57.3 Å². The van der Waals surface area contributed by atoms with Gasteiger partial charge in [0, 0.05) is 6.54 Å². The highest BCUT2D eigenvalue weighted by atomic mass is 16.2. The predicted molar refractivity (Wildman–Crippen MR) is 86.9 cm³/mol. The lowest BCUT2D eigenvalue weighted by molar-refractivity contribution is -0.129. The molecule has 0 radical (unpaired) electrons. The van der Waals surface area contributed by atoms with Gasteiger partial charge in [0.15, 0.2) is 0 Å². The molecular formula is C18H28N2O. The van der Waals surface area contributed by atoms with Crippen LogP contribution in [-0.4, -0.2) is 23.4 Å². The second-order valence-electron chi connectivity index (χ2n) is 6.62. The summed E-state index contributed by atoms with van der Waals surface area (Å²) >= 11 is 0. The monoisotopic (exact) mass is 288 g/mol. The molecule has 21 heavy (non-hydrogen) atoms. The number of carbonyl (C=O) groups is 1. The van der Waals surface area contributed by atoms with Gasteiger partial charge in [0.1, 0.15) is 6.17 Å². The molecule has 116 valence electrons. The Morgan fingerprint density at radius 3 is 2.48 bits per heavy atom. The van der Waals surface area contributed by atoms with Crippen molar-refractivity contribution in [2.45, 2.75) is 59.2 Å². The molecule has 1 aromatic rings. The highest BCUT2D eigenvalue weighted by Gasteiger charge is 2.36. The molecule has 1 amide bonds. The van der Waals surface area contributed by atoms with Crippen LogP contribution in [0.4, 0.5) is 0 Å². The van der Waals surface area contributed by atoms with Crippen LogP contribution in [0.2, 0.25) is 0 Å². The average Bonchev–Trinajstić information content (AvgIpc) is 2.72. The number of nitrogens with one attached hydrogen (secondary N) is 1. The van der Waals surface area contributed by atoms with Gasteiger partial charge in [-0.1, -0.05) is 56.5 Å². The zero-order valence-corrected chi connectivity index (χ0v) is 13.7. The molecule has 2 unspecified atom stereocenters. The molecule has 1 heterocycles. The lowest BCUT2D eigenvalue weighted by Gasteiger charge is -2.25. The van der Waals surface area contributed by atoms with Gasteiger partial charge in [-0.2, -0.15) is 0 Å². The molecule has 0 aromatic heterocycles. The fraction of sp³-hybridized carbons (Fsp3) is 0.611. The van der Waals surface area contributed by atoms with Gasteiger partial charge in [0.25, 0.3) is 0 Å². The number of carbonyl (C=O) groups excluding carboxylic acids is 1. The minimum atomic E-state index is -0.0820. The molecule has 2 rings (SSSR count). The molecular weight excluding hydrogens is 260 g/mol. The average molecular weight is 288 g/mol. The topological polar surface area (TPSA) is 32.3 Å². The summed E-state index contributed by atoms with van der Waals surface area (Å²) in [6.45, 7) is 9.39. The molecule has 3 nitrogen and oxygen atoms in total. The first-order chi connectivity index (χ1) is 9.99. The summed E-state index contributed by atoms with van der Waals surface area (Å²) in [4.78, 5) is 14.4. The Balaban J connectivity index is 2.01. The first-order valence-corrected chi connectivity index (χ1v) is 8.12. The van der Waals surface area contributed by atoms with Crippen LogP contribution in [-0.2, 0) is 4.79 Å². The number of benzene rings is 1. The SMILES string of the molecule is Cc1ccc(C2NC(C)C(=O)N2CCCCC(C)C)cc1. The molecule has 0 aliphatic carbocycles. The standard InChI is InChI=1S/C18H28N2O/c1-13(2)7-5-6-12-20-17(19-15(4)18(20)21)16-10-8-14(3)9-11-16/h8-11,13,15,17,19H,5-7,12H2,1-4H3. The van der Waals surface area contributed by atoms with Crippen molar-refractivity contribution in [3.63, 3.8) is 0 Å². The number of rotatable bonds is 6. The number of aryl methyl sites for hydroxylation is 1. The third-order valence-corrected chi connectivity index (χ3v) is 4.20. The van der Waals surface area contributed by atoms with Gasteiger partial charge >= 0.3 is 0 Å². The normalized spacial score (nSPS) is 22.3. The highest BCUT2D eigenvalue weighted by Crippen LogP contribution is 2.26. The maximum atomic E-state index is 12.3. The molecule has 0 saturated carbocycles. The summed E-state index contributed by atoms with van der Waals surface area (Å²) in [5.41, 5.74) is 2.43. The van der Waals surface area contributed by atoms with Crippen LogP contribution >= 0.6 is 0 Å². The van der Waals surface area contributed by atoms with E-state index in [0.29, 0.717) is 0 Å². The maximum Gasteiger partial charge on any atom is 0.241 e. The van der Waals surface area contributed by atoms with Crippen LogP contribution in [0.5, 0.6) is 0 Å². The van der Waals surface area contributed by atoms with E-state index in [-0.39, 0.29) is 18.1 Å². The Morgan fingerprint density at radius 2 is 1.86 bits per heavy atom. The molecule has 2 atom stereocenters. The minimum Gasteiger partial charge on any atom is -0.322 e. The fourth-order valence-corrected chi connectivity index (χ4v) is 2.87. The molecule has 3 heteroatoms. The van der Waals surface area contributed by atoms with Crippen molar-refractivity contribution in [3.8, 4) is 0 Å². The summed E-state index contributed by atoms with van der Waals surface area (Å²) in [7, 11) is 0. The van der Waals surface area contributed by atoms with Gasteiger partial charge in [-0.15, -0.1) is 0 Å². The quantitative estimate of drug-likeness (QED) is 0.811. The molecule has 1 aromatic carbocycles. The first kappa shape index (κ1) is 16.0. The molecule has 0 bridgehead atoms. The van der Waals surface area contributed by atoms with E-state index in [1.165, 1.54) is 24.0 Å². The smallest absolute Gasteiger partial charge is 0.241 e. The third kappa shape index (κ3) is 4.07. The van der Waals surface area contributed by atoms with Crippen molar-refractivity contribution in [2.24, 2.45) is 5.92 Å². The lowest BCUT2D eigenvalue weighted by Crippen LogP contribution is -2.31. The van der Waals surface area contributed by atoms with Crippen LogP contribution in [0.15, 0.2) is 24.3 Å². The second kappa shape index (κ2) is 7.08. The van der Waals surface area contributed by atoms with Gasteiger partial charge in [-0.05, 0) is 31.7 Å². The van der Waals surface area contributed by atoms with E-state index in [4.69, 9.17) is 0 Å². The van der Waals surface area contributed by atoms with Gasteiger partial charge in [-0.25, -0.2) is 0 Å².